The van der Waals surface area contributed by atoms with E-state index in [0.29, 0.717) is 5.92 Å². The van der Waals surface area contributed by atoms with Gasteiger partial charge in [0.15, 0.2) is 0 Å². The van der Waals surface area contributed by atoms with Crippen molar-refractivity contribution in [3.05, 3.63) is 29.6 Å². The lowest BCUT2D eigenvalue weighted by Crippen LogP contribution is -2.22. The largest absolute Gasteiger partial charge is 0.481 e. The Hall–Kier alpha value is -1.38. The first-order chi connectivity index (χ1) is 7.11. The summed E-state index contributed by atoms with van der Waals surface area (Å²) in [6.07, 6.45) is 2.70. The second-order valence-electron chi connectivity index (χ2n) is 4.38. The fraction of sp³-hybridized carbons (Fsp3) is 0.500. The van der Waals surface area contributed by atoms with Gasteiger partial charge < -0.3 is 5.11 Å². The molecule has 0 aliphatic heterocycles. The number of rotatable bonds is 2. The van der Waals surface area contributed by atoms with E-state index in [9.17, 15) is 4.79 Å². The van der Waals surface area contributed by atoms with Gasteiger partial charge in [0.05, 0.1) is 5.92 Å². The molecule has 3 heteroatoms. The predicted molar refractivity (Wildman–Crippen MR) is 56.6 cm³/mol. The minimum absolute atomic E-state index is 0.0682. The first kappa shape index (κ1) is 10.1. The number of carboxylic acid groups (broad SMARTS) is 1. The fourth-order valence-electron chi connectivity index (χ4n) is 2.55. The van der Waals surface area contributed by atoms with E-state index >= 15 is 0 Å². The van der Waals surface area contributed by atoms with Crippen molar-refractivity contribution in [1.82, 2.24) is 4.98 Å². The van der Waals surface area contributed by atoms with E-state index in [4.69, 9.17) is 5.11 Å². The number of hydrogen-bond acceptors (Lipinski definition) is 2. The molecule has 3 atom stereocenters. The molecule has 2 rings (SSSR count). The third-order valence-electron chi connectivity index (χ3n) is 3.32. The molecule has 0 saturated heterocycles. The maximum Gasteiger partial charge on any atom is 0.306 e. The zero-order chi connectivity index (χ0) is 11.0. The van der Waals surface area contributed by atoms with Crippen LogP contribution in [0.4, 0.5) is 0 Å². The van der Waals surface area contributed by atoms with Gasteiger partial charge in [0.25, 0.3) is 0 Å². The number of nitrogens with zero attached hydrogens (tertiary/aromatic N) is 1. The molecule has 1 N–H and O–H groups in total. The molecule has 3 unspecified atom stereocenters. The predicted octanol–water partition coefficient (Wildman–Crippen LogP) is 2.08. The van der Waals surface area contributed by atoms with Crippen LogP contribution in [-0.4, -0.2) is 16.1 Å². The van der Waals surface area contributed by atoms with Gasteiger partial charge in [-0.25, -0.2) is 0 Å². The standard InChI is InChI=1S/C12H15NO2/c1-7-6-9-4-3-5-13-11(9)10(7)8(2)12(14)15/h3-5,7-8,10H,6H2,1-2H3,(H,14,15). The Labute approximate surface area is 89.2 Å². The summed E-state index contributed by atoms with van der Waals surface area (Å²) in [5, 5.41) is 9.06. The van der Waals surface area contributed by atoms with Crippen LogP contribution in [0.25, 0.3) is 0 Å². The molecule has 15 heavy (non-hydrogen) atoms. The summed E-state index contributed by atoms with van der Waals surface area (Å²) in [5.74, 6) is -0.638. The van der Waals surface area contributed by atoms with Crippen molar-refractivity contribution in [1.29, 1.82) is 0 Å². The van der Waals surface area contributed by atoms with E-state index in [0.717, 1.165) is 12.1 Å². The van der Waals surface area contributed by atoms with E-state index in [1.807, 2.05) is 12.1 Å². The average molecular weight is 205 g/mol. The Morgan fingerprint density at radius 1 is 1.67 bits per heavy atom. The van der Waals surface area contributed by atoms with Gasteiger partial charge in [-0.2, -0.15) is 0 Å². The Balaban J connectivity index is 2.37. The molecule has 1 aromatic rings. The van der Waals surface area contributed by atoms with Crippen LogP contribution in [0.5, 0.6) is 0 Å². The van der Waals surface area contributed by atoms with E-state index in [1.165, 1.54) is 5.56 Å². The molecule has 0 aromatic carbocycles. The maximum atomic E-state index is 11.0. The molecule has 1 aromatic heterocycles. The van der Waals surface area contributed by atoms with Crippen LogP contribution in [0.15, 0.2) is 18.3 Å². The van der Waals surface area contributed by atoms with Gasteiger partial charge in [-0.3, -0.25) is 9.78 Å². The highest BCUT2D eigenvalue weighted by atomic mass is 16.4. The molecule has 1 aliphatic carbocycles. The highest BCUT2D eigenvalue weighted by Crippen LogP contribution is 2.41. The minimum atomic E-state index is -0.731. The van der Waals surface area contributed by atoms with Crippen molar-refractivity contribution >= 4 is 5.97 Å². The third-order valence-corrected chi connectivity index (χ3v) is 3.32. The summed E-state index contributed by atoms with van der Waals surface area (Å²) in [6, 6.07) is 3.97. The quantitative estimate of drug-likeness (QED) is 0.804. The van der Waals surface area contributed by atoms with Crippen LogP contribution in [-0.2, 0) is 11.2 Å². The van der Waals surface area contributed by atoms with Gasteiger partial charge in [0.2, 0.25) is 0 Å². The van der Waals surface area contributed by atoms with Crippen molar-refractivity contribution in [3.8, 4) is 0 Å². The number of carboxylic acids is 1. The second kappa shape index (κ2) is 3.65. The van der Waals surface area contributed by atoms with Crippen LogP contribution >= 0.6 is 0 Å². The Morgan fingerprint density at radius 3 is 3.07 bits per heavy atom. The Bertz CT molecular complexity index is 389. The van der Waals surface area contributed by atoms with Crippen LogP contribution < -0.4 is 0 Å². The Kier molecular flexibility index (Phi) is 2.47. The molecule has 0 fully saturated rings. The molecule has 0 amide bonds. The highest BCUT2D eigenvalue weighted by molar-refractivity contribution is 5.71. The van der Waals surface area contributed by atoms with Crippen LogP contribution in [0.3, 0.4) is 0 Å². The normalized spacial score (nSPS) is 26.0. The summed E-state index contributed by atoms with van der Waals surface area (Å²) >= 11 is 0. The van der Waals surface area contributed by atoms with Gasteiger partial charge in [0.1, 0.15) is 0 Å². The lowest BCUT2D eigenvalue weighted by molar-refractivity contribution is -0.142. The molecular formula is C12H15NO2. The van der Waals surface area contributed by atoms with Crippen molar-refractivity contribution < 1.29 is 9.90 Å². The van der Waals surface area contributed by atoms with Crippen LogP contribution in [0.2, 0.25) is 0 Å². The molecule has 80 valence electrons. The van der Waals surface area contributed by atoms with Crippen molar-refractivity contribution in [2.24, 2.45) is 11.8 Å². The van der Waals surface area contributed by atoms with Gasteiger partial charge in [-0.05, 0) is 24.0 Å². The number of carbonyl (C=O) groups is 1. The molecule has 0 bridgehead atoms. The van der Waals surface area contributed by atoms with Crippen molar-refractivity contribution in [2.45, 2.75) is 26.2 Å². The Morgan fingerprint density at radius 2 is 2.40 bits per heavy atom. The zero-order valence-corrected chi connectivity index (χ0v) is 8.97. The molecule has 1 aliphatic rings. The van der Waals surface area contributed by atoms with Gasteiger partial charge in [0, 0.05) is 17.8 Å². The molecule has 3 nitrogen and oxygen atoms in total. The first-order valence-electron chi connectivity index (χ1n) is 5.28. The highest BCUT2D eigenvalue weighted by Gasteiger charge is 2.37. The third kappa shape index (κ3) is 1.62. The number of aliphatic carboxylic acids is 1. The van der Waals surface area contributed by atoms with Crippen molar-refractivity contribution in [2.75, 3.05) is 0 Å². The summed E-state index contributed by atoms with van der Waals surface area (Å²) < 4.78 is 0. The molecule has 0 radical (unpaired) electrons. The average Bonchev–Trinajstić information content (AvgIpc) is 2.52. The van der Waals surface area contributed by atoms with E-state index in [-0.39, 0.29) is 11.8 Å². The topological polar surface area (TPSA) is 50.2 Å². The van der Waals surface area contributed by atoms with E-state index in [2.05, 4.69) is 11.9 Å². The number of hydrogen-bond donors (Lipinski definition) is 1. The number of aromatic nitrogens is 1. The fourth-order valence-corrected chi connectivity index (χ4v) is 2.55. The van der Waals surface area contributed by atoms with Crippen molar-refractivity contribution in [3.63, 3.8) is 0 Å². The summed E-state index contributed by atoms with van der Waals surface area (Å²) in [4.78, 5) is 15.3. The number of pyridine rings is 1. The molecule has 0 saturated carbocycles. The van der Waals surface area contributed by atoms with E-state index < -0.39 is 5.97 Å². The molecule has 1 heterocycles. The second-order valence-corrected chi connectivity index (χ2v) is 4.38. The molecule has 0 spiro atoms. The summed E-state index contributed by atoms with van der Waals surface area (Å²) in [6.45, 7) is 3.87. The zero-order valence-electron chi connectivity index (χ0n) is 8.97. The van der Waals surface area contributed by atoms with Crippen LogP contribution in [0.1, 0.15) is 31.0 Å². The maximum absolute atomic E-state index is 11.0. The lowest BCUT2D eigenvalue weighted by atomic mass is 9.85. The van der Waals surface area contributed by atoms with Gasteiger partial charge in [-0.1, -0.05) is 19.9 Å². The molecular weight excluding hydrogens is 190 g/mol. The summed E-state index contributed by atoms with van der Waals surface area (Å²) in [5.41, 5.74) is 2.20. The summed E-state index contributed by atoms with van der Waals surface area (Å²) in [7, 11) is 0. The number of fused-ring (bicyclic) bond motifs is 1. The lowest BCUT2D eigenvalue weighted by Gasteiger charge is -2.19. The SMILES string of the molecule is CC1Cc2cccnc2C1C(C)C(=O)O. The first-order valence-corrected chi connectivity index (χ1v) is 5.28. The monoisotopic (exact) mass is 205 g/mol. The van der Waals surface area contributed by atoms with Gasteiger partial charge >= 0.3 is 5.97 Å². The van der Waals surface area contributed by atoms with E-state index in [1.54, 1.807) is 13.1 Å². The van der Waals surface area contributed by atoms with Gasteiger partial charge in [-0.15, -0.1) is 0 Å². The smallest absolute Gasteiger partial charge is 0.306 e. The minimum Gasteiger partial charge on any atom is -0.481 e. The van der Waals surface area contributed by atoms with Crippen LogP contribution in [0, 0.1) is 11.8 Å².